The van der Waals surface area contributed by atoms with Crippen LogP contribution in [0.15, 0.2) is 72.8 Å². The van der Waals surface area contributed by atoms with Crippen molar-refractivity contribution >= 4 is 17.5 Å². The summed E-state index contributed by atoms with van der Waals surface area (Å²) >= 11 is 6.14. The maximum absolute atomic E-state index is 13.9. The summed E-state index contributed by atoms with van der Waals surface area (Å²) in [6.07, 6.45) is 2.86. The molecule has 3 aromatic rings. The lowest BCUT2D eigenvalue weighted by atomic mass is 9.74. The number of fused-ring (bicyclic) bond motifs is 3. The number of halogens is 1. The molecule has 7 heteroatoms. The van der Waals surface area contributed by atoms with Crippen molar-refractivity contribution in [1.82, 2.24) is 9.80 Å². The topological polar surface area (TPSA) is 51.2 Å². The average Bonchev–Trinajstić information content (AvgIpc) is 3.02. The van der Waals surface area contributed by atoms with Crippen molar-refractivity contribution in [2.24, 2.45) is 5.92 Å². The molecule has 0 radical (unpaired) electrons. The normalized spacial score (nSPS) is 23.1. The summed E-state index contributed by atoms with van der Waals surface area (Å²) in [4.78, 5) is 18.3. The van der Waals surface area contributed by atoms with Gasteiger partial charge in [0.15, 0.2) is 0 Å². The number of hydrogen-bond acceptors (Lipinski definition) is 5. The second-order valence-electron chi connectivity index (χ2n) is 12.6. The Kier molecular flexibility index (Phi) is 9.39. The minimum absolute atomic E-state index is 0.111. The van der Waals surface area contributed by atoms with Gasteiger partial charge in [-0.05, 0) is 74.1 Å². The highest BCUT2D eigenvalue weighted by atomic mass is 35.5. The number of benzene rings is 3. The second-order valence-corrected chi connectivity index (χ2v) is 13.1. The van der Waals surface area contributed by atoms with Gasteiger partial charge in [0.2, 0.25) is 5.91 Å². The Morgan fingerprint density at radius 2 is 1.74 bits per heavy atom. The summed E-state index contributed by atoms with van der Waals surface area (Å²) < 4.78 is 18.9. The van der Waals surface area contributed by atoms with E-state index < -0.39 is 0 Å². The predicted octanol–water partition coefficient (Wildman–Crippen LogP) is 7.16. The Morgan fingerprint density at radius 1 is 0.977 bits per heavy atom. The van der Waals surface area contributed by atoms with Crippen LogP contribution in [-0.4, -0.2) is 66.8 Å². The largest absolute Gasteiger partial charge is 0.487 e. The van der Waals surface area contributed by atoms with E-state index in [1.165, 1.54) is 5.56 Å². The number of rotatable bonds is 9. The number of morpholine rings is 1. The summed E-state index contributed by atoms with van der Waals surface area (Å²) in [5.41, 5.74) is 4.15. The van der Waals surface area contributed by atoms with E-state index in [1.54, 1.807) is 0 Å². The third-order valence-electron chi connectivity index (χ3n) is 9.24. The van der Waals surface area contributed by atoms with Gasteiger partial charge in [-0.1, -0.05) is 60.1 Å². The van der Waals surface area contributed by atoms with Crippen LogP contribution in [0.3, 0.4) is 0 Å². The molecule has 0 saturated carbocycles. The smallest absolute Gasteiger partial charge is 0.225 e. The minimum Gasteiger partial charge on any atom is -0.487 e. The number of carbonyl (C=O) groups is 1. The predicted molar refractivity (Wildman–Crippen MR) is 170 cm³/mol. The van der Waals surface area contributed by atoms with Crippen LogP contribution in [-0.2, 0) is 20.8 Å². The van der Waals surface area contributed by atoms with E-state index in [-0.39, 0.29) is 29.6 Å². The molecule has 0 N–H and O–H groups in total. The fraction of sp³-hybridized carbons (Fsp3) is 0.472. The zero-order chi connectivity index (χ0) is 29.8. The molecule has 0 aliphatic carbocycles. The van der Waals surface area contributed by atoms with E-state index in [9.17, 15) is 4.79 Å². The molecule has 3 aliphatic rings. The number of nitrogens with zero attached hydrogens (tertiary/aromatic N) is 2. The summed E-state index contributed by atoms with van der Waals surface area (Å²) in [6, 6.07) is 24.7. The van der Waals surface area contributed by atoms with Gasteiger partial charge in [-0.15, -0.1) is 0 Å². The van der Waals surface area contributed by atoms with E-state index in [0.717, 1.165) is 74.6 Å². The van der Waals surface area contributed by atoms with Gasteiger partial charge >= 0.3 is 0 Å². The first kappa shape index (κ1) is 30.1. The van der Waals surface area contributed by atoms with Gasteiger partial charge in [0, 0.05) is 49.2 Å². The molecule has 3 atom stereocenters. The van der Waals surface area contributed by atoms with Gasteiger partial charge in [0.25, 0.3) is 0 Å². The van der Waals surface area contributed by atoms with E-state index in [2.05, 4.69) is 61.2 Å². The van der Waals surface area contributed by atoms with Gasteiger partial charge < -0.3 is 19.1 Å². The van der Waals surface area contributed by atoms with Crippen molar-refractivity contribution in [3.63, 3.8) is 0 Å². The number of carbonyl (C=O) groups excluding carboxylic acids is 1. The highest BCUT2D eigenvalue weighted by Gasteiger charge is 2.48. The Labute approximate surface area is 260 Å². The summed E-state index contributed by atoms with van der Waals surface area (Å²) in [6.45, 7) is 10.1. The standard InChI is InChI=1S/C36H43ClN2O4/c1-36(2)32-15-14-30(42-35(32)31-23-28(11-16-33(31)43-36)27-7-4-3-5-8-27)24-34(40)39(25-26-9-12-29(37)13-10-26)18-6-17-38-19-21-41-22-20-38/h3-5,7-13,16,23,30,32,35H,6,14-15,17-22,24-25H2,1-2H3/t30-,32+,35-/m0/s1. The van der Waals surface area contributed by atoms with Crippen molar-refractivity contribution in [3.05, 3.63) is 88.9 Å². The van der Waals surface area contributed by atoms with E-state index >= 15 is 0 Å². The molecule has 2 saturated heterocycles. The molecule has 0 unspecified atom stereocenters. The Bertz CT molecular complexity index is 1370. The molecular formula is C36H43ClN2O4. The SMILES string of the molecule is CC1(C)Oc2ccc(-c3ccccc3)cc2[C@@H]2O[C@H](CC(=O)N(CCCN3CCOCC3)Cc3ccc(Cl)cc3)CC[C@H]21. The quantitative estimate of drug-likeness (QED) is 0.260. The maximum atomic E-state index is 13.9. The lowest BCUT2D eigenvalue weighted by molar-refractivity contribution is -0.160. The number of hydrogen-bond donors (Lipinski definition) is 0. The van der Waals surface area contributed by atoms with Gasteiger partial charge in [-0.3, -0.25) is 9.69 Å². The van der Waals surface area contributed by atoms with Crippen molar-refractivity contribution in [1.29, 1.82) is 0 Å². The van der Waals surface area contributed by atoms with Crippen LogP contribution in [0.5, 0.6) is 5.75 Å². The van der Waals surface area contributed by atoms with Crippen molar-refractivity contribution in [2.45, 2.75) is 63.9 Å². The molecule has 2 fully saturated rings. The first-order valence-corrected chi connectivity index (χ1v) is 16.1. The first-order chi connectivity index (χ1) is 20.9. The Morgan fingerprint density at radius 3 is 2.51 bits per heavy atom. The fourth-order valence-electron chi connectivity index (χ4n) is 6.81. The van der Waals surface area contributed by atoms with Gasteiger partial charge in [0.1, 0.15) is 11.4 Å². The van der Waals surface area contributed by atoms with Crippen LogP contribution in [0.1, 0.15) is 56.8 Å². The Hall–Kier alpha value is -2.90. The zero-order valence-corrected chi connectivity index (χ0v) is 26.1. The maximum Gasteiger partial charge on any atom is 0.225 e. The molecule has 3 aliphatic heterocycles. The molecular weight excluding hydrogens is 560 g/mol. The second kappa shape index (κ2) is 13.4. The molecule has 0 aromatic heterocycles. The highest BCUT2D eigenvalue weighted by molar-refractivity contribution is 6.30. The zero-order valence-electron chi connectivity index (χ0n) is 25.3. The van der Waals surface area contributed by atoms with E-state index in [0.29, 0.717) is 24.5 Å². The van der Waals surface area contributed by atoms with Crippen LogP contribution >= 0.6 is 11.6 Å². The summed E-state index contributed by atoms with van der Waals surface area (Å²) in [5, 5.41) is 0.703. The van der Waals surface area contributed by atoms with Crippen LogP contribution < -0.4 is 4.74 Å². The third-order valence-corrected chi connectivity index (χ3v) is 9.49. The molecule has 6 rings (SSSR count). The molecule has 3 aromatic carbocycles. The monoisotopic (exact) mass is 602 g/mol. The molecule has 0 spiro atoms. The van der Waals surface area contributed by atoms with E-state index in [1.807, 2.05) is 35.2 Å². The highest BCUT2D eigenvalue weighted by Crippen LogP contribution is 2.51. The average molecular weight is 603 g/mol. The summed E-state index contributed by atoms with van der Waals surface area (Å²) in [5.74, 6) is 1.24. The van der Waals surface area contributed by atoms with Gasteiger partial charge in [0.05, 0.1) is 31.8 Å². The first-order valence-electron chi connectivity index (χ1n) is 15.7. The fourth-order valence-corrected chi connectivity index (χ4v) is 6.93. The van der Waals surface area contributed by atoms with Crippen LogP contribution in [0.25, 0.3) is 11.1 Å². The molecule has 228 valence electrons. The van der Waals surface area contributed by atoms with Crippen molar-refractivity contribution in [2.75, 3.05) is 39.4 Å². The molecule has 1 amide bonds. The van der Waals surface area contributed by atoms with Crippen molar-refractivity contribution < 1.29 is 19.0 Å². The third kappa shape index (κ3) is 7.26. The van der Waals surface area contributed by atoms with Crippen LogP contribution in [0.2, 0.25) is 5.02 Å². The van der Waals surface area contributed by atoms with Gasteiger partial charge in [-0.2, -0.15) is 0 Å². The Balaban J connectivity index is 1.17. The number of ether oxygens (including phenoxy) is 3. The molecule has 6 nitrogen and oxygen atoms in total. The lowest BCUT2D eigenvalue weighted by Gasteiger charge is -2.49. The lowest BCUT2D eigenvalue weighted by Crippen LogP contribution is -2.49. The molecule has 3 heterocycles. The number of amides is 1. The van der Waals surface area contributed by atoms with Crippen molar-refractivity contribution in [3.8, 4) is 16.9 Å². The van der Waals surface area contributed by atoms with Gasteiger partial charge in [-0.25, -0.2) is 0 Å². The molecule has 0 bridgehead atoms. The molecule has 43 heavy (non-hydrogen) atoms. The summed E-state index contributed by atoms with van der Waals surface area (Å²) in [7, 11) is 0. The minimum atomic E-state index is -0.346. The van der Waals surface area contributed by atoms with Crippen LogP contribution in [0, 0.1) is 5.92 Å². The van der Waals surface area contributed by atoms with E-state index in [4.69, 9.17) is 25.8 Å². The van der Waals surface area contributed by atoms with Crippen LogP contribution in [0.4, 0.5) is 0 Å².